The molecule has 0 aromatic carbocycles. The number of hydrogen-bond acceptors (Lipinski definition) is 5. The smallest absolute Gasteiger partial charge is 0.188 e. The van der Waals surface area contributed by atoms with E-state index in [4.69, 9.17) is 18.0 Å². The Bertz CT molecular complexity index is 312. The quantitative estimate of drug-likeness (QED) is 0.525. The number of thiocarbonyl (C=S) groups is 1. The summed E-state index contributed by atoms with van der Waals surface area (Å²) in [6.07, 6.45) is 1.60. The van der Waals surface area contributed by atoms with Gasteiger partial charge in [-0.15, -0.1) is 0 Å². The number of nitrogens with two attached hydrogens (primary N) is 1. The summed E-state index contributed by atoms with van der Waals surface area (Å²) in [5.41, 5.74) is 8.35. The van der Waals surface area contributed by atoms with Gasteiger partial charge in [0.05, 0.1) is 0 Å². The van der Waals surface area contributed by atoms with Crippen LogP contribution in [0.1, 0.15) is 5.82 Å². The van der Waals surface area contributed by atoms with Crippen LogP contribution in [0.4, 0.5) is 5.82 Å². The van der Waals surface area contributed by atoms with Crippen molar-refractivity contribution in [1.82, 2.24) is 15.0 Å². The Kier molecular flexibility index (Phi) is 3.10. The van der Waals surface area contributed by atoms with Crippen molar-refractivity contribution in [2.75, 3.05) is 19.5 Å². The van der Waals surface area contributed by atoms with E-state index in [1.54, 1.807) is 17.3 Å². The standard InChI is InChI=1S/C7H11N5S/c1-12(2)11-5-3-4-9-7(10-5)6(8)13/h3-4H,1-2H3,(H2,8,13)(H,9,10,11). The predicted octanol–water partition coefficient (Wildman–Crippen LogP) is -0.000700. The lowest BCUT2D eigenvalue weighted by molar-refractivity contribution is 0.492. The number of hydrogen-bond donors (Lipinski definition) is 2. The minimum absolute atomic E-state index is 0.197. The molecular weight excluding hydrogens is 186 g/mol. The maximum atomic E-state index is 5.38. The average molecular weight is 197 g/mol. The first-order valence-electron chi connectivity index (χ1n) is 3.66. The number of aromatic nitrogens is 2. The van der Waals surface area contributed by atoms with E-state index in [0.29, 0.717) is 11.6 Å². The highest BCUT2D eigenvalue weighted by Crippen LogP contribution is 2.01. The van der Waals surface area contributed by atoms with Crippen LogP contribution in [0.25, 0.3) is 0 Å². The second-order valence-corrected chi connectivity index (χ2v) is 3.08. The zero-order chi connectivity index (χ0) is 9.84. The maximum absolute atomic E-state index is 5.38. The van der Waals surface area contributed by atoms with Crippen molar-refractivity contribution >= 4 is 23.0 Å². The SMILES string of the molecule is CN(C)Nc1ccnc(C(N)=S)n1. The van der Waals surface area contributed by atoms with Crippen LogP contribution in [-0.4, -0.2) is 34.1 Å². The maximum Gasteiger partial charge on any atom is 0.188 e. The third-order valence-electron chi connectivity index (χ3n) is 1.21. The molecule has 1 heterocycles. The highest BCUT2D eigenvalue weighted by atomic mass is 32.1. The van der Waals surface area contributed by atoms with E-state index < -0.39 is 0 Å². The Morgan fingerprint density at radius 2 is 2.31 bits per heavy atom. The van der Waals surface area contributed by atoms with Crippen molar-refractivity contribution in [3.8, 4) is 0 Å². The van der Waals surface area contributed by atoms with Crippen molar-refractivity contribution in [3.05, 3.63) is 18.1 Å². The molecule has 1 rings (SSSR count). The van der Waals surface area contributed by atoms with Crippen molar-refractivity contribution in [3.63, 3.8) is 0 Å². The third-order valence-corrected chi connectivity index (χ3v) is 1.40. The molecule has 0 unspecified atom stereocenters. The first-order chi connectivity index (χ1) is 6.09. The van der Waals surface area contributed by atoms with E-state index in [1.165, 1.54) is 0 Å². The Hall–Kier alpha value is -1.27. The van der Waals surface area contributed by atoms with Gasteiger partial charge in [-0.05, 0) is 0 Å². The lowest BCUT2D eigenvalue weighted by atomic mass is 10.5. The van der Waals surface area contributed by atoms with E-state index in [0.717, 1.165) is 0 Å². The molecule has 0 spiro atoms. The molecule has 0 bridgehead atoms. The largest absolute Gasteiger partial charge is 0.387 e. The van der Waals surface area contributed by atoms with Crippen LogP contribution in [0.5, 0.6) is 0 Å². The lowest BCUT2D eigenvalue weighted by Gasteiger charge is -2.12. The molecular formula is C7H11N5S. The second-order valence-electron chi connectivity index (χ2n) is 2.64. The first kappa shape index (κ1) is 9.82. The van der Waals surface area contributed by atoms with E-state index in [9.17, 15) is 0 Å². The molecule has 0 fully saturated rings. The van der Waals surface area contributed by atoms with Gasteiger partial charge >= 0.3 is 0 Å². The van der Waals surface area contributed by atoms with Gasteiger partial charge in [0.15, 0.2) is 5.82 Å². The molecule has 5 nitrogen and oxygen atoms in total. The molecule has 0 amide bonds. The summed E-state index contributed by atoms with van der Waals surface area (Å²) in [5, 5.41) is 1.77. The molecule has 0 atom stereocenters. The number of nitrogens with one attached hydrogen (secondary N) is 1. The van der Waals surface area contributed by atoms with Crippen LogP contribution in [0.3, 0.4) is 0 Å². The van der Waals surface area contributed by atoms with Crippen LogP contribution in [0.2, 0.25) is 0 Å². The van der Waals surface area contributed by atoms with Crippen LogP contribution in [0, 0.1) is 0 Å². The monoisotopic (exact) mass is 197 g/mol. The van der Waals surface area contributed by atoms with E-state index in [-0.39, 0.29) is 4.99 Å². The molecule has 0 aliphatic rings. The normalized spacial score (nSPS) is 10.1. The predicted molar refractivity (Wildman–Crippen MR) is 55.2 cm³/mol. The summed E-state index contributed by atoms with van der Waals surface area (Å²) in [6.45, 7) is 0. The topological polar surface area (TPSA) is 67.1 Å². The Labute approximate surface area is 81.9 Å². The first-order valence-corrected chi connectivity index (χ1v) is 4.07. The summed E-state index contributed by atoms with van der Waals surface area (Å²) >= 11 is 4.75. The number of hydrazine groups is 1. The number of anilines is 1. The molecule has 13 heavy (non-hydrogen) atoms. The molecule has 6 heteroatoms. The van der Waals surface area contributed by atoms with Gasteiger partial charge in [-0.2, -0.15) is 0 Å². The molecule has 1 aromatic heterocycles. The fourth-order valence-corrected chi connectivity index (χ4v) is 0.867. The molecule has 1 aromatic rings. The zero-order valence-corrected chi connectivity index (χ0v) is 8.30. The molecule has 0 saturated heterocycles. The van der Waals surface area contributed by atoms with Gasteiger partial charge in [0.2, 0.25) is 0 Å². The molecule has 0 saturated carbocycles. The number of rotatable bonds is 3. The average Bonchev–Trinajstić information content (AvgIpc) is 2.03. The van der Waals surface area contributed by atoms with Crippen LogP contribution < -0.4 is 11.2 Å². The summed E-state index contributed by atoms with van der Waals surface area (Å²) in [4.78, 5) is 8.19. The molecule has 0 radical (unpaired) electrons. The summed E-state index contributed by atoms with van der Waals surface area (Å²) < 4.78 is 0. The van der Waals surface area contributed by atoms with Gasteiger partial charge < -0.3 is 11.2 Å². The fourth-order valence-electron chi connectivity index (χ4n) is 0.769. The second kappa shape index (κ2) is 4.11. The highest BCUT2D eigenvalue weighted by Gasteiger charge is 2.01. The van der Waals surface area contributed by atoms with Gasteiger partial charge in [-0.25, -0.2) is 15.0 Å². The van der Waals surface area contributed by atoms with Gasteiger partial charge in [0.1, 0.15) is 10.8 Å². The Morgan fingerprint density at radius 1 is 1.62 bits per heavy atom. The van der Waals surface area contributed by atoms with Crippen molar-refractivity contribution in [1.29, 1.82) is 0 Å². The molecule has 0 aliphatic heterocycles. The van der Waals surface area contributed by atoms with Gasteiger partial charge in [0, 0.05) is 26.4 Å². The Morgan fingerprint density at radius 3 is 2.85 bits per heavy atom. The molecule has 0 aliphatic carbocycles. The van der Waals surface area contributed by atoms with E-state index >= 15 is 0 Å². The lowest BCUT2D eigenvalue weighted by Crippen LogP contribution is -2.22. The van der Waals surface area contributed by atoms with Gasteiger partial charge in [0.25, 0.3) is 0 Å². The van der Waals surface area contributed by atoms with Crippen molar-refractivity contribution < 1.29 is 0 Å². The van der Waals surface area contributed by atoms with Crippen LogP contribution in [0.15, 0.2) is 12.3 Å². The van der Waals surface area contributed by atoms with Crippen molar-refractivity contribution in [2.24, 2.45) is 5.73 Å². The summed E-state index contributed by atoms with van der Waals surface area (Å²) in [5.74, 6) is 1.05. The summed E-state index contributed by atoms with van der Waals surface area (Å²) in [6, 6.07) is 1.74. The highest BCUT2D eigenvalue weighted by molar-refractivity contribution is 7.80. The van der Waals surface area contributed by atoms with E-state index in [2.05, 4.69) is 15.4 Å². The third kappa shape index (κ3) is 2.92. The minimum atomic E-state index is 0.197. The summed E-state index contributed by atoms with van der Waals surface area (Å²) in [7, 11) is 3.73. The number of nitrogens with zero attached hydrogens (tertiary/aromatic N) is 3. The van der Waals surface area contributed by atoms with Gasteiger partial charge in [-0.3, -0.25) is 0 Å². The molecule has 3 N–H and O–H groups in total. The van der Waals surface area contributed by atoms with E-state index in [1.807, 2.05) is 14.1 Å². The minimum Gasteiger partial charge on any atom is -0.387 e. The van der Waals surface area contributed by atoms with Crippen LogP contribution in [-0.2, 0) is 0 Å². The Balaban J connectivity index is 2.85. The zero-order valence-electron chi connectivity index (χ0n) is 7.48. The van der Waals surface area contributed by atoms with Crippen LogP contribution >= 0.6 is 12.2 Å². The van der Waals surface area contributed by atoms with Gasteiger partial charge in [-0.1, -0.05) is 12.2 Å². The fraction of sp³-hybridized carbons (Fsp3) is 0.286. The van der Waals surface area contributed by atoms with Crippen molar-refractivity contribution in [2.45, 2.75) is 0 Å². The molecule has 70 valence electrons.